The molecular weight excluding hydrogens is 275 g/mol. The number of hydrogen-bond donors (Lipinski definition) is 1. The molecule has 1 aromatic carbocycles. The molecule has 0 saturated carbocycles. The first-order chi connectivity index (χ1) is 9.28. The summed E-state index contributed by atoms with van der Waals surface area (Å²) in [6.45, 7) is 2.06. The van der Waals surface area contributed by atoms with E-state index < -0.39 is 25.3 Å². The lowest BCUT2D eigenvalue weighted by molar-refractivity contribution is -0.192. The average molecular weight is 291 g/mol. The van der Waals surface area contributed by atoms with E-state index in [9.17, 15) is 18.0 Å². The van der Waals surface area contributed by atoms with Crippen molar-refractivity contribution in [3.05, 3.63) is 29.8 Å². The van der Waals surface area contributed by atoms with Crippen molar-refractivity contribution in [2.75, 3.05) is 13.2 Å². The Bertz CT molecular complexity index is 447. The molecule has 0 unspecified atom stereocenters. The SMILES string of the molecule is CC(C)c1cccc(OCC(=O)NOCC(F)(F)F)c1. The fourth-order valence-corrected chi connectivity index (χ4v) is 1.34. The normalized spacial score (nSPS) is 11.5. The fourth-order valence-electron chi connectivity index (χ4n) is 1.34. The van der Waals surface area contributed by atoms with Gasteiger partial charge in [-0.25, -0.2) is 5.48 Å². The number of ether oxygens (including phenoxy) is 1. The van der Waals surface area contributed by atoms with Gasteiger partial charge in [0.2, 0.25) is 0 Å². The molecule has 0 saturated heterocycles. The highest BCUT2D eigenvalue weighted by Crippen LogP contribution is 2.20. The molecule has 1 N–H and O–H groups in total. The second kappa shape index (κ2) is 7.14. The van der Waals surface area contributed by atoms with Crippen molar-refractivity contribution in [2.45, 2.75) is 25.9 Å². The van der Waals surface area contributed by atoms with Gasteiger partial charge in [-0.05, 0) is 23.6 Å². The van der Waals surface area contributed by atoms with E-state index in [0.29, 0.717) is 11.7 Å². The van der Waals surface area contributed by atoms with Gasteiger partial charge in [0, 0.05) is 0 Å². The largest absolute Gasteiger partial charge is 0.484 e. The van der Waals surface area contributed by atoms with Crippen LogP contribution in [0.2, 0.25) is 0 Å². The molecule has 112 valence electrons. The number of nitrogens with one attached hydrogen (secondary N) is 1. The summed E-state index contributed by atoms with van der Waals surface area (Å²) < 4.78 is 40.5. The number of carbonyl (C=O) groups excluding carboxylic acids is 1. The highest BCUT2D eigenvalue weighted by molar-refractivity contribution is 5.76. The van der Waals surface area contributed by atoms with Crippen LogP contribution in [0, 0.1) is 0 Å². The van der Waals surface area contributed by atoms with Crippen molar-refractivity contribution in [3.8, 4) is 5.75 Å². The van der Waals surface area contributed by atoms with Crippen LogP contribution in [0.1, 0.15) is 25.3 Å². The predicted molar refractivity (Wildman–Crippen MR) is 66.2 cm³/mol. The Morgan fingerprint density at radius 3 is 2.65 bits per heavy atom. The number of hydroxylamine groups is 1. The van der Waals surface area contributed by atoms with E-state index in [1.54, 1.807) is 23.7 Å². The summed E-state index contributed by atoms with van der Waals surface area (Å²) in [5.41, 5.74) is 2.70. The molecule has 0 fully saturated rings. The maximum absolute atomic E-state index is 11.8. The van der Waals surface area contributed by atoms with E-state index in [4.69, 9.17) is 4.74 Å². The Kier molecular flexibility index (Phi) is 5.82. The van der Waals surface area contributed by atoms with Gasteiger partial charge in [-0.2, -0.15) is 13.2 Å². The van der Waals surface area contributed by atoms with Crippen LogP contribution in [-0.2, 0) is 9.63 Å². The van der Waals surface area contributed by atoms with Gasteiger partial charge in [-0.15, -0.1) is 0 Å². The van der Waals surface area contributed by atoms with Gasteiger partial charge in [0.25, 0.3) is 5.91 Å². The van der Waals surface area contributed by atoms with Crippen LogP contribution in [0.25, 0.3) is 0 Å². The lowest BCUT2D eigenvalue weighted by atomic mass is 10.0. The van der Waals surface area contributed by atoms with Crippen molar-refractivity contribution in [1.29, 1.82) is 0 Å². The van der Waals surface area contributed by atoms with Gasteiger partial charge >= 0.3 is 6.18 Å². The molecule has 0 atom stereocenters. The van der Waals surface area contributed by atoms with Crippen LogP contribution in [0.4, 0.5) is 13.2 Å². The molecule has 0 aliphatic rings. The summed E-state index contributed by atoms with van der Waals surface area (Å²) in [4.78, 5) is 15.2. The van der Waals surface area contributed by atoms with Crippen LogP contribution in [0.15, 0.2) is 24.3 Å². The van der Waals surface area contributed by atoms with E-state index in [1.807, 2.05) is 19.9 Å². The molecule has 1 amide bonds. The van der Waals surface area contributed by atoms with Gasteiger partial charge < -0.3 is 4.74 Å². The van der Waals surface area contributed by atoms with Crippen LogP contribution in [0.5, 0.6) is 5.75 Å². The Hall–Kier alpha value is -1.76. The maximum atomic E-state index is 11.8. The third kappa shape index (κ3) is 6.42. The summed E-state index contributed by atoms with van der Waals surface area (Å²) in [6.07, 6.45) is -4.49. The van der Waals surface area contributed by atoms with Crippen LogP contribution < -0.4 is 10.2 Å². The molecule has 0 spiro atoms. The molecule has 0 aliphatic heterocycles. The van der Waals surface area contributed by atoms with E-state index in [-0.39, 0.29) is 0 Å². The maximum Gasteiger partial charge on any atom is 0.414 e. The van der Waals surface area contributed by atoms with E-state index >= 15 is 0 Å². The number of benzene rings is 1. The summed E-state index contributed by atoms with van der Waals surface area (Å²) in [6, 6.07) is 7.14. The second-order valence-corrected chi connectivity index (χ2v) is 4.44. The molecule has 0 aliphatic carbocycles. The zero-order valence-electron chi connectivity index (χ0n) is 11.2. The Balaban J connectivity index is 2.36. The predicted octanol–water partition coefficient (Wildman–Crippen LogP) is 2.80. The molecule has 0 bridgehead atoms. The van der Waals surface area contributed by atoms with E-state index in [2.05, 4.69) is 4.84 Å². The Labute approximate surface area is 114 Å². The molecule has 1 rings (SSSR count). The van der Waals surface area contributed by atoms with Crippen LogP contribution in [-0.4, -0.2) is 25.3 Å². The van der Waals surface area contributed by atoms with Gasteiger partial charge in [-0.1, -0.05) is 26.0 Å². The van der Waals surface area contributed by atoms with Crippen molar-refractivity contribution < 1.29 is 27.5 Å². The van der Waals surface area contributed by atoms with Crippen LogP contribution in [0.3, 0.4) is 0 Å². The quantitative estimate of drug-likeness (QED) is 0.820. The Morgan fingerprint density at radius 2 is 2.05 bits per heavy atom. The third-order valence-corrected chi connectivity index (χ3v) is 2.32. The number of carbonyl (C=O) groups is 1. The minimum atomic E-state index is -4.49. The average Bonchev–Trinajstić information content (AvgIpc) is 2.35. The fraction of sp³-hybridized carbons (Fsp3) is 0.462. The molecule has 4 nitrogen and oxygen atoms in total. The van der Waals surface area contributed by atoms with Gasteiger partial charge in [0.1, 0.15) is 5.75 Å². The first kappa shape index (κ1) is 16.3. The minimum Gasteiger partial charge on any atom is -0.484 e. The lowest BCUT2D eigenvalue weighted by Gasteiger charge is -2.11. The molecule has 0 radical (unpaired) electrons. The molecule has 7 heteroatoms. The van der Waals surface area contributed by atoms with Gasteiger partial charge in [-0.3, -0.25) is 9.63 Å². The first-order valence-corrected chi connectivity index (χ1v) is 5.98. The van der Waals surface area contributed by atoms with E-state index in [1.165, 1.54) is 0 Å². The highest BCUT2D eigenvalue weighted by atomic mass is 19.4. The number of hydrogen-bond acceptors (Lipinski definition) is 3. The smallest absolute Gasteiger partial charge is 0.414 e. The molecule has 0 heterocycles. The van der Waals surface area contributed by atoms with Crippen molar-refractivity contribution in [2.24, 2.45) is 0 Å². The summed E-state index contributed by atoms with van der Waals surface area (Å²) >= 11 is 0. The Morgan fingerprint density at radius 1 is 1.35 bits per heavy atom. The lowest BCUT2D eigenvalue weighted by Crippen LogP contribution is -2.32. The standard InChI is InChI=1S/C13H16F3NO3/c1-9(2)10-4-3-5-11(6-10)19-7-12(18)17-20-8-13(14,15)16/h3-6,9H,7-8H2,1-2H3,(H,17,18). The highest BCUT2D eigenvalue weighted by Gasteiger charge is 2.28. The molecule has 20 heavy (non-hydrogen) atoms. The number of halogens is 3. The summed E-state index contributed by atoms with van der Waals surface area (Å²) in [5.74, 6) is -0.00568. The monoisotopic (exact) mass is 291 g/mol. The van der Waals surface area contributed by atoms with Crippen LogP contribution >= 0.6 is 0 Å². The topological polar surface area (TPSA) is 47.6 Å². The third-order valence-electron chi connectivity index (χ3n) is 2.32. The molecular formula is C13H16F3NO3. The second-order valence-electron chi connectivity index (χ2n) is 4.44. The molecule has 1 aromatic rings. The minimum absolute atomic E-state index is 0.308. The van der Waals surface area contributed by atoms with Crippen molar-refractivity contribution in [3.63, 3.8) is 0 Å². The zero-order chi connectivity index (χ0) is 15.2. The summed E-state index contributed by atoms with van der Waals surface area (Å²) in [5, 5.41) is 0. The van der Waals surface area contributed by atoms with Gasteiger partial charge in [0.15, 0.2) is 13.2 Å². The van der Waals surface area contributed by atoms with E-state index in [0.717, 1.165) is 5.56 Å². The van der Waals surface area contributed by atoms with Crippen molar-refractivity contribution >= 4 is 5.91 Å². The number of amides is 1. The first-order valence-electron chi connectivity index (χ1n) is 5.98. The zero-order valence-corrected chi connectivity index (χ0v) is 11.2. The number of rotatable bonds is 6. The number of alkyl halides is 3. The molecule has 0 aromatic heterocycles. The summed E-state index contributed by atoms with van der Waals surface area (Å²) in [7, 11) is 0. The van der Waals surface area contributed by atoms with Gasteiger partial charge in [0.05, 0.1) is 0 Å². The van der Waals surface area contributed by atoms with Crippen molar-refractivity contribution in [1.82, 2.24) is 5.48 Å².